The fraction of sp³-hybridized carbons (Fsp3) is 1.00. The lowest BCUT2D eigenvalue weighted by molar-refractivity contribution is -0.151. The number of nitrogens with two attached hydrogens (primary N) is 1. The molecule has 0 bridgehead atoms. The minimum atomic E-state index is -3.97. The Morgan fingerprint density at radius 2 is 2.00 bits per heavy atom. The lowest BCUT2D eigenvalue weighted by Crippen LogP contribution is -2.13. The summed E-state index contributed by atoms with van der Waals surface area (Å²) in [6.45, 7) is 0.372. The molecule has 1 nitrogen and oxygen atoms in total. The van der Waals surface area contributed by atoms with E-state index in [9.17, 15) is 13.2 Å². The average molecular weight is 153 g/mol. The van der Waals surface area contributed by atoms with Crippen LogP contribution in [0.3, 0.4) is 0 Å². The van der Waals surface area contributed by atoms with Gasteiger partial charge in [0.2, 0.25) is 0 Å². The van der Waals surface area contributed by atoms with Crippen LogP contribution in [0.5, 0.6) is 0 Å². The van der Waals surface area contributed by atoms with E-state index in [0.717, 1.165) is 0 Å². The van der Waals surface area contributed by atoms with Crippen molar-refractivity contribution in [1.82, 2.24) is 0 Å². The Bertz CT molecular complexity index is 121. The van der Waals surface area contributed by atoms with Crippen LogP contribution in [0.25, 0.3) is 0 Å². The van der Waals surface area contributed by atoms with E-state index in [1.165, 1.54) is 0 Å². The Labute approximate surface area is 57.4 Å². The Morgan fingerprint density at radius 3 is 2.30 bits per heavy atom. The Hall–Kier alpha value is -0.250. The molecule has 0 aromatic heterocycles. The van der Waals surface area contributed by atoms with Crippen molar-refractivity contribution in [2.75, 3.05) is 6.54 Å². The van der Waals surface area contributed by atoms with Gasteiger partial charge in [-0.3, -0.25) is 0 Å². The lowest BCUT2D eigenvalue weighted by atomic mass is 10.2. The molecule has 60 valence electrons. The first-order valence-electron chi connectivity index (χ1n) is 3.32. The minimum absolute atomic E-state index is 0.176. The Morgan fingerprint density at radius 1 is 1.40 bits per heavy atom. The molecule has 0 unspecified atom stereocenters. The van der Waals surface area contributed by atoms with Gasteiger partial charge < -0.3 is 5.73 Å². The second-order valence-corrected chi connectivity index (χ2v) is 2.72. The summed E-state index contributed by atoms with van der Waals surface area (Å²) in [5, 5.41) is 0. The van der Waals surface area contributed by atoms with Crippen molar-refractivity contribution < 1.29 is 13.2 Å². The number of alkyl halides is 3. The van der Waals surface area contributed by atoms with E-state index in [4.69, 9.17) is 5.73 Å². The monoisotopic (exact) mass is 153 g/mol. The second kappa shape index (κ2) is 2.42. The standard InChI is InChI=1S/C6H10F3N/c7-6(8,9)5-3-4(5)1-2-10/h4-5H,1-3,10H2/t4-,5-/m1/s1. The van der Waals surface area contributed by atoms with Crippen LogP contribution in [0.4, 0.5) is 13.2 Å². The predicted octanol–water partition coefficient (Wildman–Crippen LogP) is 1.53. The molecule has 10 heavy (non-hydrogen) atoms. The molecule has 0 amide bonds. The van der Waals surface area contributed by atoms with Gasteiger partial charge in [0, 0.05) is 0 Å². The van der Waals surface area contributed by atoms with Gasteiger partial charge in [-0.2, -0.15) is 13.2 Å². The fourth-order valence-corrected chi connectivity index (χ4v) is 1.18. The smallest absolute Gasteiger partial charge is 0.330 e. The van der Waals surface area contributed by atoms with Crippen LogP contribution in [-0.2, 0) is 0 Å². The number of rotatable bonds is 2. The summed E-state index contributed by atoms with van der Waals surface area (Å²) in [5.74, 6) is -1.22. The highest BCUT2D eigenvalue weighted by Crippen LogP contribution is 2.51. The zero-order chi connectivity index (χ0) is 7.78. The highest BCUT2D eigenvalue weighted by molar-refractivity contribution is 4.91. The first-order chi connectivity index (χ1) is 4.55. The van der Waals surface area contributed by atoms with Crippen LogP contribution in [0, 0.1) is 11.8 Å². The van der Waals surface area contributed by atoms with Gasteiger partial charge in [0.05, 0.1) is 5.92 Å². The van der Waals surface area contributed by atoms with Crippen LogP contribution in [-0.4, -0.2) is 12.7 Å². The highest BCUT2D eigenvalue weighted by atomic mass is 19.4. The third kappa shape index (κ3) is 1.62. The van der Waals surface area contributed by atoms with E-state index in [-0.39, 0.29) is 5.92 Å². The maximum Gasteiger partial charge on any atom is 0.392 e. The molecule has 2 atom stereocenters. The Balaban J connectivity index is 2.25. The fourth-order valence-electron chi connectivity index (χ4n) is 1.18. The summed E-state index contributed by atoms with van der Waals surface area (Å²) >= 11 is 0. The largest absolute Gasteiger partial charge is 0.392 e. The van der Waals surface area contributed by atoms with Crippen molar-refractivity contribution >= 4 is 0 Å². The van der Waals surface area contributed by atoms with Crippen LogP contribution in [0.15, 0.2) is 0 Å². The number of hydrogen-bond acceptors (Lipinski definition) is 1. The molecule has 1 aliphatic rings. The van der Waals surface area contributed by atoms with Gasteiger partial charge >= 0.3 is 6.18 Å². The lowest BCUT2D eigenvalue weighted by Gasteiger charge is -2.03. The quantitative estimate of drug-likeness (QED) is 0.639. The Kier molecular flexibility index (Phi) is 1.90. The van der Waals surface area contributed by atoms with Crippen LogP contribution in [0.1, 0.15) is 12.8 Å². The van der Waals surface area contributed by atoms with Crippen LogP contribution >= 0.6 is 0 Å². The molecule has 0 heterocycles. The zero-order valence-electron chi connectivity index (χ0n) is 5.49. The summed E-state index contributed by atoms with van der Waals surface area (Å²) in [6, 6.07) is 0. The van der Waals surface area contributed by atoms with Gasteiger partial charge in [0.1, 0.15) is 0 Å². The zero-order valence-corrected chi connectivity index (χ0v) is 5.49. The highest BCUT2D eigenvalue weighted by Gasteiger charge is 2.54. The van der Waals surface area contributed by atoms with E-state index >= 15 is 0 Å². The summed E-state index contributed by atoms with van der Waals surface area (Å²) in [6.07, 6.45) is -3.16. The SMILES string of the molecule is NCC[C@@H]1C[C@H]1C(F)(F)F. The molecule has 0 radical (unpaired) electrons. The van der Waals surface area contributed by atoms with Gasteiger partial charge in [-0.25, -0.2) is 0 Å². The summed E-state index contributed by atoms with van der Waals surface area (Å²) < 4.78 is 35.3. The van der Waals surface area contributed by atoms with E-state index in [2.05, 4.69) is 0 Å². The van der Waals surface area contributed by atoms with E-state index < -0.39 is 12.1 Å². The maximum absolute atomic E-state index is 11.8. The number of hydrogen-bond donors (Lipinski definition) is 1. The van der Waals surface area contributed by atoms with Crippen molar-refractivity contribution in [3.63, 3.8) is 0 Å². The topological polar surface area (TPSA) is 26.0 Å². The molecular weight excluding hydrogens is 143 g/mol. The molecule has 0 aromatic rings. The first kappa shape index (κ1) is 7.85. The second-order valence-electron chi connectivity index (χ2n) is 2.72. The van der Waals surface area contributed by atoms with E-state index in [0.29, 0.717) is 19.4 Å². The molecule has 0 spiro atoms. The van der Waals surface area contributed by atoms with E-state index in [1.807, 2.05) is 0 Å². The van der Waals surface area contributed by atoms with Gasteiger partial charge in [-0.15, -0.1) is 0 Å². The molecule has 1 saturated carbocycles. The normalized spacial score (nSPS) is 32.4. The molecule has 1 fully saturated rings. The van der Waals surface area contributed by atoms with Crippen molar-refractivity contribution in [2.24, 2.45) is 17.6 Å². The van der Waals surface area contributed by atoms with Crippen molar-refractivity contribution in [3.05, 3.63) is 0 Å². The van der Waals surface area contributed by atoms with E-state index in [1.54, 1.807) is 0 Å². The molecule has 4 heteroatoms. The molecule has 2 N–H and O–H groups in total. The van der Waals surface area contributed by atoms with Crippen LogP contribution < -0.4 is 5.73 Å². The van der Waals surface area contributed by atoms with Gasteiger partial charge in [0.25, 0.3) is 0 Å². The van der Waals surface area contributed by atoms with Gasteiger partial charge in [0.15, 0.2) is 0 Å². The predicted molar refractivity (Wildman–Crippen MR) is 31.3 cm³/mol. The summed E-state index contributed by atoms with van der Waals surface area (Å²) in [4.78, 5) is 0. The average Bonchev–Trinajstić information content (AvgIpc) is 2.44. The molecular formula is C6H10F3N. The molecule has 1 aliphatic carbocycles. The molecule has 1 rings (SSSR count). The summed E-state index contributed by atoms with van der Waals surface area (Å²) in [7, 11) is 0. The van der Waals surface area contributed by atoms with Crippen molar-refractivity contribution in [3.8, 4) is 0 Å². The first-order valence-corrected chi connectivity index (χ1v) is 3.32. The molecule has 0 saturated heterocycles. The molecule has 0 aliphatic heterocycles. The molecule has 0 aromatic carbocycles. The van der Waals surface area contributed by atoms with Crippen molar-refractivity contribution in [1.29, 1.82) is 0 Å². The third-order valence-corrected chi connectivity index (χ3v) is 1.88. The van der Waals surface area contributed by atoms with Gasteiger partial charge in [-0.05, 0) is 25.3 Å². The maximum atomic E-state index is 11.8. The van der Waals surface area contributed by atoms with Crippen molar-refractivity contribution in [2.45, 2.75) is 19.0 Å². The van der Waals surface area contributed by atoms with Crippen LogP contribution in [0.2, 0.25) is 0 Å². The number of halogens is 3. The minimum Gasteiger partial charge on any atom is -0.330 e. The third-order valence-electron chi connectivity index (χ3n) is 1.88. The summed E-state index contributed by atoms with van der Waals surface area (Å²) in [5.41, 5.74) is 5.11. The van der Waals surface area contributed by atoms with Gasteiger partial charge in [-0.1, -0.05) is 0 Å².